The van der Waals surface area contributed by atoms with Gasteiger partial charge in [-0.3, -0.25) is 0 Å². The van der Waals surface area contributed by atoms with Crippen LogP contribution in [-0.4, -0.2) is 12.8 Å². The van der Waals surface area contributed by atoms with Gasteiger partial charge < -0.3 is 4.74 Å². The van der Waals surface area contributed by atoms with Crippen LogP contribution in [0.5, 0.6) is 0 Å². The second-order valence-corrected chi connectivity index (χ2v) is 3.56. The lowest BCUT2D eigenvalue weighted by atomic mass is 10.3. The van der Waals surface area contributed by atoms with E-state index in [1.54, 1.807) is 0 Å². The van der Waals surface area contributed by atoms with Gasteiger partial charge in [-0.25, -0.2) is 18.8 Å². The number of ether oxygens (including phenoxy) is 1. The van der Waals surface area contributed by atoms with Gasteiger partial charge in [0.25, 0.3) is 0 Å². The minimum Gasteiger partial charge on any atom is -0.434 e. The molecule has 0 bridgehead atoms. The molecule has 2 aromatic rings. The zero-order valence-corrected chi connectivity index (χ0v) is 9.83. The molecule has 0 aliphatic rings. The van der Waals surface area contributed by atoms with Gasteiger partial charge in [-0.2, -0.15) is 0 Å². The minimum atomic E-state index is -0.322. The summed E-state index contributed by atoms with van der Waals surface area (Å²) in [4.78, 5) is 7.86. The van der Waals surface area contributed by atoms with Gasteiger partial charge in [-0.15, -0.1) is 0 Å². The van der Waals surface area contributed by atoms with E-state index in [9.17, 15) is 8.78 Å². The Labute approximate surface area is 108 Å². The van der Waals surface area contributed by atoms with Crippen molar-refractivity contribution in [1.82, 2.24) is 0 Å². The molecule has 0 aromatic heterocycles. The Morgan fingerprint density at radius 2 is 1.05 bits per heavy atom. The lowest BCUT2D eigenvalue weighted by Gasteiger charge is -1.93. The summed E-state index contributed by atoms with van der Waals surface area (Å²) < 4.78 is 30.2. The highest BCUT2D eigenvalue weighted by Crippen LogP contribution is 2.12. The zero-order valence-electron chi connectivity index (χ0n) is 9.83. The summed E-state index contributed by atoms with van der Waals surface area (Å²) in [7, 11) is 0. The summed E-state index contributed by atoms with van der Waals surface area (Å²) >= 11 is 0. The van der Waals surface area contributed by atoms with Crippen molar-refractivity contribution >= 4 is 24.2 Å². The lowest BCUT2D eigenvalue weighted by molar-refractivity contribution is 0.594. The molecule has 0 saturated heterocycles. The van der Waals surface area contributed by atoms with E-state index in [2.05, 4.69) is 9.98 Å². The molecular weight excluding hydrogens is 250 g/mol. The second kappa shape index (κ2) is 6.39. The third-order valence-electron chi connectivity index (χ3n) is 2.18. The van der Waals surface area contributed by atoms with E-state index in [4.69, 9.17) is 4.74 Å². The van der Waals surface area contributed by atoms with E-state index >= 15 is 0 Å². The fourth-order valence-electron chi connectivity index (χ4n) is 1.26. The van der Waals surface area contributed by atoms with Crippen molar-refractivity contribution in [2.75, 3.05) is 0 Å². The summed E-state index contributed by atoms with van der Waals surface area (Å²) in [6.45, 7) is 0. The van der Waals surface area contributed by atoms with E-state index in [1.165, 1.54) is 61.3 Å². The third-order valence-corrected chi connectivity index (χ3v) is 2.18. The Morgan fingerprint density at radius 3 is 1.42 bits per heavy atom. The molecule has 0 unspecified atom stereocenters. The number of nitrogens with zero attached hydrogens (tertiary/aromatic N) is 2. The quantitative estimate of drug-likeness (QED) is 0.604. The molecule has 5 heteroatoms. The van der Waals surface area contributed by atoms with Crippen LogP contribution in [0.25, 0.3) is 0 Å². The van der Waals surface area contributed by atoms with Gasteiger partial charge in [-0.05, 0) is 48.5 Å². The molecule has 0 atom stereocenters. The first-order chi connectivity index (χ1) is 9.24. The van der Waals surface area contributed by atoms with E-state index in [1.807, 2.05) is 0 Å². The standard InChI is InChI=1S/C14H10F2N2O/c15-11-1-5-13(6-2-11)17-9-19-10-18-14-7-3-12(16)4-8-14/h1-10H. The molecule has 2 rings (SSSR count). The van der Waals surface area contributed by atoms with Crippen molar-refractivity contribution in [3.8, 4) is 0 Å². The van der Waals surface area contributed by atoms with Gasteiger partial charge in [0, 0.05) is 0 Å². The summed E-state index contributed by atoms with van der Waals surface area (Å²) in [6.07, 6.45) is 2.36. The van der Waals surface area contributed by atoms with E-state index in [0.717, 1.165) is 0 Å². The molecule has 0 heterocycles. The molecule has 0 aliphatic heterocycles. The average molecular weight is 260 g/mol. The van der Waals surface area contributed by atoms with Crippen molar-refractivity contribution in [2.24, 2.45) is 9.98 Å². The van der Waals surface area contributed by atoms with Crippen LogP contribution in [0, 0.1) is 11.6 Å². The van der Waals surface area contributed by atoms with Crippen molar-refractivity contribution in [2.45, 2.75) is 0 Å². The summed E-state index contributed by atoms with van der Waals surface area (Å²) in [5.41, 5.74) is 1.13. The Morgan fingerprint density at radius 1 is 0.684 bits per heavy atom. The van der Waals surface area contributed by atoms with Gasteiger partial charge in [0.2, 0.25) is 0 Å². The topological polar surface area (TPSA) is 34.0 Å². The number of hydrogen-bond acceptors (Lipinski definition) is 3. The largest absolute Gasteiger partial charge is 0.434 e. The Balaban J connectivity index is 1.86. The Kier molecular flexibility index (Phi) is 4.34. The van der Waals surface area contributed by atoms with Gasteiger partial charge in [0.15, 0.2) is 12.8 Å². The van der Waals surface area contributed by atoms with Crippen LogP contribution in [-0.2, 0) is 4.74 Å². The molecule has 0 spiro atoms. The van der Waals surface area contributed by atoms with Crippen molar-refractivity contribution < 1.29 is 13.5 Å². The summed E-state index contributed by atoms with van der Waals surface area (Å²) in [5.74, 6) is -0.643. The van der Waals surface area contributed by atoms with Gasteiger partial charge in [0.05, 0.1) is 11.4 Å². The normalized spacial score (nSPS) is 11.3. The maximum Gasteiger partial charge on any atom is 0.183 e. The molecule has 3 nitrogen and oxygen atoms in total. The summed E-state index contributed by atoms with van der Waals surface area (Å²) in [5, 5.41) is 0. The molecule has 0 N–H and O–H groups in total. The second-order valence-electron chi connectivity index (χ2n) is 3.56. The maximum atomic E-state index is 12.6. The van der Waals surface area contributed by atoms with Crippen molar-refractivity contribution in [3.05, 3.63) is 60.2 Å². The lowest BCUT2D eigenvalue weighted by Crippen LogP contribution is -1.82. The SMILES string of the molecule is Fc1ccc(N=COC=Nc2ccc(F)cc2)cc1. The van der Waals surface area contributed by atoms with E-state index in [-0.39, 0.29) is 11.6 Å². The molecule has 96 valence electrons. The van der Waals surface area contributed by atoms with Gasteiger partial charge >= 0.3 is 0 Å². The predicted molar refractivity (Wildman–Crippen MR) is 70.2 cm³/mol. The molecule has 0 fully saturated rings. The maximum absolute atomic E-state index is 12.6. The van der Waals surface area contributed by atoms with Crippen molar-refractivity contribution in [3.63, 3.8) is 0 Å². The predicted octanol–water partition coefficient (Wildman–Crippen LogP) is 4.00. The van der Waals surface area contributed by atoms with Crippen LogP contribution >= 0.6 is 0 Å². The highest BCUT2D eigenvalue weighted by Gasteiger charge is 1.90. The third kappa shape index (κ3) is 4.31. The Hall–Kier alpha value is -2.56. The number of hydrogen-bond donors (Lipinski definition) is 0. The van der Waals surface area contributed by atoms with Crippen molar-refractivity contribution in [1.29, 1.82) is 0 Å². The van der Waals surface area contributed by atoms with Crippen LogP contribution in [0.2, 0.25) is 0 Å². The van der Waals surface area contributed by atoms with Crippen LogP contribution in [0.15, 0.2) is 58.5 Å². The first kappa shape index (κ1) is 12.9. The first-order valence-corrected chi connectivity index (χ1v) is 5.46. The van der Waals surface area contributed by atoms with Crippen LogP contribution < -0.4 is 0 Å². The smallest absolute Gasteiger partial charge is 0.183 e. The van der Waals surface area contributed by atoms with Crippen LogP contribution in [0.4, 0.5) is 20.2 Å². The van der Waals surface area contributed by atoms with E-state index < -0.39 is 0 Å². The highest BCUT2D eigenvalue weighted by atomic mass is 19.1. The fourth-order valence-corrected chi connectivity index (χ4v) is 1.26. The van der Waals surface area contributed by atoms with Crippen LogP contribution in [0.1, 0.15) is 0 Å². The average Bonchev–Trinajstić information content (AvgIpc) is 2.43. The number of benzene rings is 2. The minimum absolute atomic E-state index is 0.322. The molecule has 0 radical (unpaired) electrons. The number of aliphatic imine (C=N–C) groups is 2. The molecule has 0 saturated carbocycles. The molecule has 2 aromatic carbocycles. The monoisotopic (exact) mass is 260 g/mol. The van der Waals surface area contributed by atoms with Gasteiger partial charge in [0.1, 0.15) is 11.6 Å². The fraction of sp³-hybridized carbons (Fsp3) is 0. The first-order valence-electron chi connectivity index (χ1n) is 5.46. The van der Waals surface area contributed by atoms with E-state index in [0.29, 0.717) is 11.4 Å². The molecule has 0 amide bonds. The Bertz CT molecular complexity index is 524. The zero-order chi connectivity index (χ0) is 13.5. The highest BCUT2D eigenvalue weighted by molar-refractivity contribution is 5.68. The van der Waals surface area contributed by atoms with Gasteiger partial charge in [-0.1, -0.05) is 0 Å². The number of rotatable bonds is 4. The van der Waals surface area contributed by atoms with Crippen LogP contribution in [0.3, 0.4) is 0 Å². The molecule has 0 aliphatic carbocycles. The molecule has 19 heavy (non-hydrogen) atoms. The summed E-state index contributed by atoms with van der Waals surface area (Å²) in [6, 6.07) is 11.3. The number of halogens is 2. The molecular formula is C14H10F2N2O.